The average molecular weight is 235 g/mol. The molecule has 0 amide bonds. The highest BCUT2D eigenvalue weighted by Crippen LogP contribution is 2.24. The summed E-state index contributed by atoms with van der Waals surface area (Å²) in [6.45, 7) is 7.55. The van der Waals surface area contributed by atoms with E-state index in [0.717, 1.165) is 24.1 Å². The van der Waals surface area contributed by atoms with Gasteiger partial charge in [-0.2, -0.15) is 0 Å². The van der Waals surface area contributed by atoms with E-state index in [1.165, 1.54) is 32.1 Å². The number of aromatic nitrogens is 2. The highest BCUT2D eigenvalue weighted by molar-refractivity contribution is 5.29. The zero-order chi connectivity index (χ0) is 12.3. The third-order valence-electron chi connectivity index (χ3n) is 3.68. The number of hydrogen-bond donors (Lipinski definition) is 1. The molecule has 1 aromatic heterocycles. The summed E-state index contributed by atoms with van der Waals surface area (Å²) in [6.07, 6.45) is 9.14. The molecule has 1 aliphatic rings. The average Bonchev–Trinajstić information content (AvgIpc) is 2.69. The quantitative estimate of drug-likeness (QED) is 0.861. The SMILES string of the molecule is Cc1cn(C(C)C)c(NCC2CCCCC2)n1. The Kier molecular flexibility index (Phi) is 4.08. The lowest BCUT2D eigenvalue weighted by Gasteiger charge is -2.22. The number of anilines is 1. The van der Waals surface area contributed by atoms with E-state index in [1.807, 2.05) is 0 Å². The van der Waals surface area contributed by atoms with Gasteiger partial charge in [-0.3, -0.25) is 0 Å². The highest BCUT2D eigenvalue weighted by Gasteiger charge is 2.15. The molecular formula is C14H25N3. The zero-order valence-corrected chi connectivity index (χ0v) is 11.4. The first-order valence-electron chi connectivity index (χ1n) is 6.96. The zero-order valence-electron chi connectivity index (χ0n) is 11.4. The lowest BCUT2D eigenvalue weighted by Crippen LogP contribution is -2.19. The molecule has 1 fully saturated rings. The summed E-state index contributed by atoms with van der Waals surface area (Å²) in [4.78, 5) is 4.57. The molecule has 3 nitrogen and oxygen atoms in total. The maximum absolute atomic E-state index is 4.57. The fraction of sp³-hybridized carbons (Fsp3) is 0.786. The van der Waals surface area contributed by atoms with Crippen LogP contribution in [0.15, 0.2) is 6.20 Å². The van der Waals surface area contributed by atoms with Crippen molar-refractivity contribution in [1.82, 2.24) is 9.55 Å². The van der Waals surface area contributed by atoms with Gasteiger partial charge in [-0.25, -0.2) is 4.98 Å². The summed E-state index contributed by atoms with van der Waals surface area (Å²) in [7, 11) is 0. The molecule has 0 atom stereocenters. The number of imidazole rings is 1. The van der Waals surface area contributed by atoms with Crippen molar-refractivity contribution in [3.8, 4) is 0 Å². The maximum Gasteiger partial charge on any atom is 0.203 e. The number of hydrogen-bond acceptors (Lipinski definition) is 2. The molecule has 17 heavy (non-hydrogen) atoms. The molecule has 0 aromatic carbocycles. The van der Waals surface area contributed by atoms with Crippen molar-refractivity contribution in [2.45, 2.75) is 58.9 Å². The van der Waals surface area contributed by atoms with Gasteiger partial charge in [0.05, 0.1) is 5.69 Å². The molecule has 0 aliphatic heterocycles. The van der Waals surface area contributed by atoms with E-state index < -0.39 is 0 Å². The van der Waals surface area contributed by atoms with Crippen LogP contribution in [0.3, 0.4) is 0 Å². The van der Waals surface area contributed by atoms with Gasteiger partial charge < -0.3 is 9.88 Å². The van der Waals surface area contributed by atoms with Crippen LogP contribution in [-0.2, 0) is 0 Å². The Labute approximate surface area is 105 Å². The predicted octanol–water partition coefficient (Wildman–Crippen LogP) is 3.76. The molecule has 0 radical (unpaired) electrons. The Balaban J connectivity index is 1.93. The summed E-state index contributed by atoms with van der Waals surface area (Å²) < 4.78 is 2.23. The van der Waals surface area contributed by atoms with Crippen molar-refractivity contribution in [2.75, 3.05) is 11.9 Å². The number of nitrogens with one attached hydrogen (secondary N) is 1. The molecule has 0 spiro atoms. The fourth-order valence-corrected chi connectivity index (χ4v) is 2.67. The van der Waals surface area contributed by atoms with Crippen molar-refractivity contribution in [3.05, 3.63) is 11.9 Å². The van der Waals surface area contributed by atoms with Crippen LogP contribution in [0.25, 0.3) is 0 Å². The van der Waals surface area contributed by atoms with E-state index in [1.54, 1.807) is 0 Å². The normalized spacial score (nSPS) is 17.6. The van der Waals surface area contributed by atoms with Gasteiger partial charge >= 0.3 is 0 Å². The largest absolute Gasteiger partial charge is 0.355 e. The van der Waals surface area contributed by atoms with Crippen molar-refractivity contribution >= 4 is 5.95 Å². The van der Waals surface area contributed by atoms with Crippen LogP contribution in [0.4, 0.5) is 5.95 Å². The predicted molar refractivity (Wildman–Crippen MR) is 72.4 cm³/mol. The van der Waals surface area contributed by atoms with Gasteiger partial charge in [0.2, 0.25) is 5.95 Å². The summed E-state index contributed by atoms with van der Waals surface area (Å²) in [5, 5.41) is 3.54. The fourth-order valence-electron chi connectivity index (χ4n) is 2.67. The van der Waals surface area contributed by atoms with Crippen LogP contribution in [0.2, 0.25) is 0 Å². The van der Waals surface area contributed by atoms with Crippen LogP contribution in [0.5, 0.6) is 0 Å². The minimum atomic E-state index is 0.477. The van der Waals surface area contributed by atoms with E-state index in [2.05, 4.69) is 41.8 Å². The van der Waals surface area contributed by atoms with Gasteiger partial charge in [0.25, 0.3) is 0 Å². The van der Waals surface area contributed by atoms with Gasteiger partial charge in [0, 0.05) is 18.8 Å². The molecule has 1 aromatic rings. The van der Waals surface area contributed by atoms with Gasteiger partial charge in [-0.15, -0.1) is 0 Å². The number of nitrogens with zero attached hydrogens (tertiary/aromatic N) is 2. The van der Waals surface area contributed by atoms with E-state index in [9.17, 15) is 0 Å². The van der Waals surface area contributed by atoms with Gasteiger partial charge in [-0.05, 0) is 39.5 Å². The first-order valence-corrected chi connectivity index (χ1v) is 6.96. The molecule has 1 saturated carbocycles. The third kappa shape index (κ3) is 3.24. The second-order valence-corrected chi connectivity index (χ2v) is 5.59. The van der Waals surface area contributed by atoms with Crippen LogP contribution in [0.1, 0.15) is 57.7 Å². The van der Waals surface area contributed by atoms with Gasteiger partial charge in [0.1, 0.15) is 0 Å². The highest BCUT2D eigenvalue weighted by atomic mass is 15.2. The maximum atomic E-state index is 4.57. The molecule has 1 heterocycles. The topological polar surface area (TPSA) is 29.9 Å². The van der Waals surface area contributed by atoms with Gasteiger partial charge in [-0.1, -0.05) is 19.3 Å². The van der Waals surface area contributed by atoms with Crippen molar-refractivity contribution < 1.29 is 0 Å². The summed E-state index contributed by atoms with van der Waals surface area (Å²) in [5.41, 5.74) is 1.10. The molecule has 2 rings (SSSR count). The molecule has 0 bridgehead atoms. The van der Waals surface area contributed by atoms with E-state index in [0.29, 0.717) is 6.04 Å². The second-order valence-electron chi connectivity index (χ2n) is 5.59. The van der Waals surface area contributed by atoms with Crippen LogP contribution >= 0.6 is 0 Å². The Morgan fingerprint density at radius 1 is 1.35 bits per heavy atom. The Morgan fingerprint density at radius 3 is 2.71 bits per heavy atom. The van der Waals surface area contributed by atoms with Crippen LogP contribution < -0.4 is 5.32 Å². The van der Waals surface area contributed by atoms with Crippen LogP contribution in [-0.4, -0.2) is 16.1 Å². The van der Waals surface area contributed by atoms with Gasteiger partial charge in [0.15, 0.2) is 0 Å². The Bertz CT molecular complexity index is 348. The van der Waals surface area contributed by atoms with E-state index in [-0.39, 0.29) is 0 Å². The molecular weight excluding hydrogens is 210 g/mol. The number of rotatable bonds is 4. The summed E-state index contributed by atoms with van der Waals surface area (Å²) in [6, 6.07) is 0.477. The van der Waals surface area contributed by atoms with E-state index in [4.69, 9.17) is 0 Å². The van der Waals surface area contributed by atoms with Crippen molar-refractivity contribution in [1.29, 1.82) is 0 Å². The minimum Gasteiger partial charge on any atom is -0.355 e. The van der Waals surface area contributed by atoms with E-state index >= 15 is 0 Å². The molecule has 0 unspecified atom stereocenters. The molecule has 1 N–H and O–H groups in total. The second kappa shape index (κ2) is 5.56. The van der Waals surface area contributed by atoms with Crippen LogP contribution in [0, 0.1) is 12.8 Å². The molecule has 96 valence electrons. The lowest BCUT2D eigenvalue weighted by atomic mass is 9.89. The summed E-state index contributed by atoms with van der Waals surface area (Å²) >= 11 is 0. The third-order valence-corrected chi connectivity index (χ3v) is 3.68. The first-order chi connectivity index (χ1) is 8.16. The van der Waals surface area contributed by atoms with Crippen molar-refractivity contribution in [2.24, 2.45) is 5.92 Å². The minimum absolute atomic E-state index is 0.477. The molecule has 0 saturated heterocycles. The number of aryl methyl sites for hydroxylation is 1. The monoisotopic (exact) mass is 235 g/mol. The standard InChI is InChI=1S/C14H25N3/c1-11(2)17-10-12(3)16-14(17)15-9-13-7-5-4-6-8-13/h10-11,13H,4-9H2,1-3H3,(H,15,16). The van der Waals surface area contributed by atoms with Crippen molar-refractivity contribution in [3.63, 3.8) is 0 Å². The molecule has 1 aliphatic carbocycles. The Hall–Kier alpha value is -0.990. The molecule has 3 heteroatoms. The smallest absolute Gasteiger partial charge is 0.203 e. The first kappa shape index (κ1) is 12.5. The lowest BCUT2D eigenvalue weighted by molar-refractivity contribution is 0.372. The Morgan fingerprint density at radius 2 is 2.06 bits per heavy atom. The summed E-state index contributed by atoms with van der Waals surface area (Å²) in [5.74, 6) is 1.89.